The molecule has 22 heavy (non-hydrogen) atoms. The van der Waals surface area contributed by atoms with E-state index in [0.717, 1.165) is 0 Å². The molecule has 6 nitrogen and oxygen atoms in total. The van der Waals surface area contributed by atoms with Crippen molar-refractivity contribution in [3.63, 3.8) is 0 Å². The molecule has 0 aliphatic carbocycles. The summed E-state index contributed by atoms with van der Waals surface area (Å²) < 4.78 is 11.4. The quantitative estimate of drug-likeness (QED) is 0.906. The molecular weight excluding hydrogens is 304 g/mol. The standard InChI is InChI=1S/C15H14N2O4S/c1-8-12(21-11-5-3-2-4-10(11)20-8)14(19)17-15-9(13(16)18)6-7-22-15/h2-8,12H,1H3,(H2,16,18)(H,17,19). The molecule has 1 aromatic carbocycles. The summed E-state index contributed by atoms with van der Waals surface area (Å²) in [6.45, 7) is 1.75. The Labute approximate surface area is 130 Å². The summed E-state index contributed by atoms with van der Waals surface area (Å²) in [6, 6.07) is 8.73. The highest BCUT2D eigenvalue weighted by atomic mass is 32.1. The number of benzene rings is 1. The lowest BCUT2D eigenvalue weighted by Gasteiger charge is -2.30. The number of nitrogens with one attached hydrogen (secondary N) is 1. The molecule has 1 aromatic heterocycles. The molecule has 1 aliphatic heterocycles. The summed E-state index contributed by atoms with van der Waals surface area (Å²) in [5.74, 6) is 0.151. The van der Waals surface area contributed by atoms with Crippen molar-refractivity contribution in [1.82, 2.24) is 0 Å². The first-order valence-electron chi connectivity index (χ1n) is 6.67. The zero-order valence-electron chi connectivity index (χ0n) is 11.7. The van der Waals surface area contributed by atoms with Crippen LogP contribution in [0.25, 0.3) is 0 Å². The smallest absolute Gasteiger partial charge is 0.269 e. The Kier molecular flexibility index (Phi) is 3.72. The number of anilines is 1. The molecule has 2 heterocycles. The molecule has 3 N–H and O–H groups in total. The zero-order valence-corrected chi connectivity index (χ0v) is 12.6. The first-order chi connectivity index (χ1) is 10.6. The molecule has 7 heteroatoms. The predicted octanol–water partition coefficient (Wildman–Crippen LogP) is 2.01. The normalized spacial score (nSPS) is 19.5. The Morgan fingerprint density at radius 1 is 1.18 bits per heavy atom. The van der Waals surface area contributed by atoms with Crippen molar-refractivity contribution in [2.75, 3.05) is 5.32 Å². The number of amides is 2. The zero-order chi connectivity index (χ0) is 15.7. The van der Waals surface area contributed by atoms with Gasteiger partial charge < -0.3 is 20.5 Å². The minimum absolute atomic E-state index is 0.281. The van der Waals surface area contributed by atoms with Crippen molar-refractivity contribution in [3.8, 4) is 11.5 Å². The largest absolute Gasteiger partial charge is 0.482 e. The van der Waals surface area contributed by atoms with Gasteiger partial charge in [0.15, 0.2) is 11.5 Å². The molecule has 114 valence electrons. The number of carbonyl (C=O) groups excluding carboxylic acids is 2. The summed E-state index contributed by atoms with van der Waals surface area (Å²) in [6.07, 6.45) is -1.26. The molecule has 2 amide bonds. The lowest BCUT2D eigenvalue weighted by atomic mass is 10.1. The van der Waals surface area contributed by atoms with Crippen molar-refractivity contribution in [2.24, 2.45) is 5.73 Å². The number of para-hydroxylation sites is 2. The monoisotopic (exact) mass is 318 g/mol. The van der Waals surface area contributed by atoms with Crippen LogP contribution in [-0.2, 0) is 4.79 Å². The van der Waals surface area contributed by atoms with Gasteiger partial charge >= 0.3 is 0 Å². The third kappa shape index (κ3) is 2.62. The van der Waals surface area contributed by atoms with Gasteiger partial charge in [0.2, 0.25) is 6.10 Å². The fraction of sp³-hybridized carbons (Fsp3) is 0.200. The van der Waals surface area contributed by atoms with E-state index < -0.39 is 18.1 Å². The maximum Gasteiger partial charge on any atom is 0.269 e. The molecule has 2 unspecified atom stereocenters. The van der Waals surface area contributed by atoms with Crippen LogP contribution in [0.1, 0.15) is 17.3 Å². The Bertz CT molecular complexity index is 728. The van der Waals surface area contributed by atoms with Gasteiger partial charge in [-0.1, -0.05) is 12.1 Å². The number of fused-ring (bicyclic) bond motifs is 1. The lowest BCUT2D eigenvalue weighted by Crippen LogP contribution is -2.46. The molecule has 1 aliphatic rings. The second kappa shape index (κ2) is 5.69. The van der Waals surface area contributed by atoms with E-state index in [1.807, 2.05) is 6.07 Å². The molecule has 0 radical (unpaired) electrons. The van der Waals surface area contributed by atoms with E-state index in [1.165, 1.54) is 11.3 Å². The van der Waals surface area contributed by atoms with E-state index in [1.54, 1.807) is 36.6 Å². The predicted molar refractivity (Wildman–Crippen MR) is 82.4 cm³/mol. The highest BCUT2D eigenvalue weighted by molar-refractivity contribution is 7.14. The highest BCUT2D eigenvalue weighted by Gasteiger charge is 2.34. The molecule has 2 aromatic rings. The second-order valence-electron chi connectivity index (χ2n) is 4.83. The number of primary amides is 1. The van der Waals surface area contributed by atoms with Crippen LogP contribution in [0.2, 0.25) is 0 Å². The van der Waals surface area contributed by atoms with Gasteiger partial charge in [-0.15, -0.1) is 11.3 Å². The highest BCUT2D eigenvalue weighted by Crippen LogP contribution is 2.34. The number of rotatable bonds is 3. The first-order valence-corrected chi connectivity index (χ1v) is 7.54. The maximum absolute atomic E-state index is 12.4. The molecule has 0 bridgehead atoms. The number of thiophene rings is 1. The van der Waals surface area contributed by atoms with Gasteiger partial charge in [0.25, 0.3) is 11.8 Å². The van der Waals surface area contributed by atoms with Crippen LogP contribution in [0.15, 0.2) is 35.7 Å². The van der Waals surface area contributed by atoms with Crippen molar-refractivity contribution < 1.29 is 19.1 Å². The van der Waals surface area contributed by atoms with Gasteiger partial charge in [-0.3, -0.25) is 9.59 Å². The fourth-order valence-corrected chi connectivity index (χ4v) is 2.98. The van der Waals surface area contributed by atoms with Gasteiger partial charge in [0.1, 0.15) is 11.1 Å². The first kappa shape index (κ1) is 14.4. The molecule has 0 fully saturated rings. The van der Waals surface area contributed by atoms with E-state index >= 15 is 0 Å². The summed E-state index contributed by atoms with van der Waals surface area (Å²) in [4.78, 5) is 23.7. The van der Waals surface area contributed by atoms with Gasteiger partial charge in [-0.2, -0.15) is 0 Å². The summed E-state index contributed by atoms with van der Waals surface area (Å²) >= 11 is 1.23. The fourth-order valence-electron chi connectivity index (χ4n) is 2.19. The molecular formula is C15H14N2O4S. The summed E-state index contributed by atoms with van der Waals surface area (Å²) in [7, 11) is 0. The van der Waals surface area contributed by atoms with E-state index in [9.17, 15) is 9.59 Å². The summed E-state index contributed by atoms with van der Waals surface area (Å²) in [5, 5.41) is 4.77. The molecule has 0 saturated carbocycles. The van der Waals surface area contributed by atoms with Crippen molar-refractivity contribution in [2.45, 2.75) is 19.1 Å². The van der Waals surface area contributed by atoms with Crippen LogP contribution in [-0.4, -0.2) is 24.0 Å². The minimum Gasteiger partial charge on any atom is -0.482 e. The lowest BCUT2D eigenvalue weighted by molar-refractivity contribution is -0.127. The third-order valence-electron chi connectivity index (χ3n) is 3.27. The van der Waals surface area contributed by atoms with Crippen molar-refractivity contribution in [1.29, 1.82) is 0 Å². The van der Waals surface area contributed by atoms with Crippen molar-refractivity contribution in [3.05, 3.63) is 41.3 Å². The molecule has 0 saturated heterocycles. The van der Waals surface area contributed by atoms with Crippen LogP contribution < -0.4 is 20.5 Å². The Balaban J connectivity index is 1.78. The second-order valence-corrected chi connectivity index (χ2v) is 5.74. The third-order valence-corrected chi connectivity index (χ3v) is 4.10. The van der Waals surface area contributed by atoms with E-state index in [2.05, 4.69) is 5.32 Å². The average molecular weight is 318 g/mol. The van der Waals surface area contributed by atoms with Crippen LogP contribution >= 0.6 is 11.3 Å². The van der Waals surface area contributed by atoms with Crippen LogP contribution in [0.4, 0.5) is 5.00 Å². The van der Waals surface area contributed by atoms with Crippen LogP contribution in [0.5, 0.6) is 11.5 Å². The maximum atomic E-state index is 12.4. The van der Waals surface area contributed by atoms with Gasteiger partial charge in [0.05, 0.1) is 5.56 Å². The minimum atomic E-state index is -0.808. The Morgan fingerprint density at radius 2 is 1.86 bits per heavy atom. The van der Waals surface area contributed by atoms with E-state index in [0.29, 0.717) is 16.5 Å². The van der Waals surface area contributed by atoms with Crippen LogP contribution in [0, 0.1) is 0 Å². The number of carbonyl (C=O) groups is 2. The van der Waals surface area contributed by atoms with E-state index in [4.69, 9.17) is 15.2 Å². The van der Waals surface area contributed by atoms with Gasteiger partial charge in [-0.25, -0.2) is 0 Å². The molecule has 0 spiro atoms. The SMILES string of the molecule is CC1Oc2ccccc2OC1C(=O)Nc1sccc1C(N)=O. The van der Waals surface area contributed by atoms with Crippen LogP contribution in [0.3, 0.4) is 0 Å². The van der Waals surface area contributed by atoms with Gasteiger partial charge in [0, 0.05) is 0 Å². The van der Waals surface area contributed by atoms with Gasteiger partial charge in [-0.05, 0) is 30.5 Å². The molecule has 2 atom stereocenters. The Hall–Kier alpha value is -2.54. The number of hydrogen-bond acceptors (Lipinski definition) is 5. The van der Waals surface area contributed by atoms with Crippen molar-refractivity contribution >= 4 is 28.2 Å². The van der Waals surface area contributed by atoms with E-state index in [-0.39, 0.29) is 11.5 Å². The number of nitrogens with two attached hydrogens (primary N) is 1. The summed E-state index contributed by atoms with van der Waals surface area (Å²) in [5.41, 5.74) is 5.54. The average Bonchev–Trinajstić information content (AvgIpc) is 2.94. The molecule has 3 rings (SSSR count). The topological polar surface area (TPSA) is 90.7 Å². The Morgan fingerprint density at radius 3 is 2.55 bits per heavy atom. The number of ether oxygens (including phenoxy) is 2. The number of hydrogen-bond donors (Lipinski definition) is 2.